The molecule has 0 fully saturated rings. The molecule has 0 spiro atoms. The zero-order chi connectivity index (χ0) is 14.7. The molecule has 106 valence electrons. The standard InChI is InChI=1S/C13H14N2O5/c1-20-11(16)5-14-13(19)15-6-9-3-2-8(12(17)18)4-10(9)7-15/h2-4H,5-7H2,1H3,(H,14,19)(H,17,18). The van der Waals surface area contributed by atoms with Crippen molar-refractivity contribution in [1.82, 2.24) is 10.2 Å². The molecule has 0 aromatic heterocycles. The summed E-state index contributed by atoms with van der Waals surface area (Å²) in [4.78, 5) is 35.2. The lowest BCUT2D eigenvalue weighted by atomic mass is 10.1. The van der Waals surface area contributed by atoms with Gasteiger partial charge in [-0.2, -0.15) is 0 Å². The summed E-state index contributed by atoms with van der Waals surface area (Å²) in [6.45, 7) is 0.522. The van der Waals surface area contributed by atoms with E-state index in [1.807, 2.05) is 0 Å². The van der Waals surface area contributed by atoms with Crippen LogP contribution in [0.3, 0.4) is 0 Å². The second-order valence-corrected chi connectivity index (χ2v) is 4.38. The number of rotatable bonds is 3. The molecule has 1 aliphatic heterocycles. The first-order valence-corrected chi connectivity index (χ1v) is 5.96. The van der Waals surface area contributed by atoms with Gasteiger partial charge in [-0.25, -0.2) is 9.59 Å². The molecule has 1 aliphatic rings. The molecule has 7 nitrogen and oxygen atoms in total. The van der Waals surface area contributed by atoms with E-state index >= 15 is 0 Å². The summed E-state index contributed by atoms with van der Waals surface area (Å²) in [7, 11) is 1.24. The molecule has 0 bridgehead atoms. The van der Waals surface area contributed by atoms with Crippen molar-refractivity contribution in [2.45, 2.75) is 13.1 Å². The molecule has 2 amide bonds. The van der Waals surface area contributed by atoms with Crippen LogP contribution in [0.2, 0.25) is 0 Å². The number of nitrogens with one attached hydrogen (secondary N) is 1. The van der Waals surface area contributed by atoms with E-state index in [0.717, 1.165) is 11.1 Å². The van der Waals surface area contributed by atoms with Gasteiger partial charge in [0.1, 0.15) is 6.54 Å². The molecule has 2 N–H and O–H groups in total. The maximum atomic E-state index is 11.8. The molecule has 20 heavy (non-hydrogen) atoms. The number of benzene rings is 1. The van der Waals surface area contributed by atoms with Crippen molar-refractivity contribution in [2.75, 3.05) is 13.7 Å². The number of carbonyl (C=O) groups excluding carboxylic acids is 2. The largest absolute Gasteiger partial charge is 0.478 e. The van der Waals surface area contributed by atoms with Crippen molar-refractivity contribution < 1.29 is 24.2 Å². The Hall–Kier alpha value is -2.57. The number of urea groups is 1. The molecule has 1 aromatic rings. The van der Waals surface area contributed by atoms with Gasteiger partial charge in [0.15, 0.2) is 0 Å². The Kier molecular flexibility index (Phi) is 3.88. The first-order chi connectivity index (χ1) is 9.51. The maximum Gasteiger partial charge on any atom is 0.335 e. The van der Waals surface area contributed by atoms with Crippen LogP contribution >= 0.6 is 0 Å². The molecule has 0 radical (unpaired) electrons. The summed E-state index contributed by atoms with van der Waals surface area (Å²) in [5.41, 5.74) is 1.90. The Bertz CT molecular complexity index is 570. The zero-order valence-electron chi connectivity index (χ0n) is 10.9. The Morgan fingerprint density at radius 2 is 2.00 bits per heavy atom. The van der Waals surface area contributed by atoms with Crippen LogP contribution in [0.1, 0.15) is 21.5 Å². The minimum atomic E-state index is -0.999. The summed E-state index contributed by atoms with van der Waals surface area (Å²) in [5.74, 6) is -1.52. The van der Waals surface area contributed by atoms with E-state index in [-0.39, 0.29) is 18.1 Å². The summed E-state index contributed by atoms with van der Waals surface area (Å²) in [6.07, 6.45) is 0. The van der Waals surface area contributed by atoms with Gasteiger partial charge in [-0.1, -0.05) is 6.07 Å². The third-order valence-corrected chi connectivity index (χ3v) is 3.07. The SMILES string of the molecule is COC(=O)CNC(=O)N1Cc2ccc(C(=O)O)cc2C1. The average molecular weight is 278 g/mol. The maximum absolute atomic E-state index is 11.8. The minimum Gasteiger partial charge on any atom is -0.478 e. The Balaban J connectivity index is 2.00. The van der Waals surface area contributed by atoms with Crippen LogP contribution in [0.4, 0.5) is 4.79 Å². The lowest BCUT2D eigenvalue weighted by Gasteiger charge is -2.15. The van der Waals surface area contributed by atoms with Crippen molar-refractivity contribution in [1.29, 1.82) is 0 Å². The predicted octanol–water partition coefficient (Wildman–Crippen LogP) is 0.583. The predicted molar refractivity (Wildman–Crippen MR) is 68.1 cm³/mol. The van der Waals surface area contributed by atoms with E-state index in [1.165, 1.54) is 18.1 Å². The fraction of sp³-hybridized carbons (Fsp3) is 0.308. The highest BCUT2D eigenvalue weighted by molar-refractivity contribution is 5.88. The smallest absolute Gasteiger partial charge is 0.335 e. The lowest BCUT2D eigenvalue weighted by molar-refractivity contribution is -0.139. The van der Waals surface area contributed by atoms with Crippen molar-refractivity contribution in [3.8, 4) is 0 Å². The van der Waals surface area contributed by atoms with E-state index in [0.29, 0.717) is 13.1 Å². The number of amides is 2. The summed E-state index contributed by atoms with van der Waals surface area (Å²) in [5, 5.41) is 11.4. The summed E-state index contributed by atoms with van der Waals surface area (Å²) < 4.78 is 4.43. The number of carbonyl (C=O) groups is 3. The van der Waals surface area contributed by atoms with Crippen LogP contribution in [-0.2, 0) is 22.6 Å². The first kappa shape index (κ1) is 13.9. The van der Waals surface area contributed by atoms with Crippen LogP contribution in [0, 0.1) is 0 Å². The van der Waals surface area contributed by atoms with Crippen LogP contribution in [0.5, 0.6) is 0 Å². The quantitative estimate of drug-likeness (QED) is 0.789. The number of nitrogens with zero attached hydrogens (tertiary/aromatic N) is 1. The molecule has 2 rings (SSSR count). The minimum absolute atomic E-state index is 0.192. The highest BCUT2D eigenvalue weighted by Crippen LogP contribution is 2.23. The highest BCUT2D eigenvalue weighted by atomic mass is 16.5. The van der Waals surface area contributed by atoms with Gasteiger partial charge in [0, 0.05) is 13.1 Å². The number of methoxy groups -OCH3 is 1. The van der Waals surface area contributed by atoms with Crippen LogP contribution in [0.15, 0.2) is 18.2 Å². The van der Waals surface area contributed by atoms with Crippen LogP contribution in [-0.4, -0.2) is 41.6 Å². The van der Waals surface area contributed by atoms with Gasteiger partial charge in [-0.3, -0.25) is 4.79 Å². The second kappa shape index (κ2) is 5.60. The number of hydrogen-bond donors (Lipinski definition) is 2. The third-order valence-electron chi connectivity index (χ3n) is 3.07. The molecule has 0 atom stereocenters. The highest BCUT2D eigenvalue weighted by Gasteiger charge is 2.24. The number of esters is 1. The average Bonchev–Trinajstić information content (AvgIpc) is 2.87. The Morgan fingerprint density at radius 1 is 1.30 bits per heavy atom. The van der Waals surface area contributed by atoms with Gasteiger partial charge in [0.25, 0.3) is 0 Å². The molecule has 0 unspecified atom stereocenters. The van der Waals surface area contributed by atoms with Crippen molar-refractivity contribution in [2.24, 2.45) is 0 Å². The van der Waals surface area contributed by atoms with E-state index in [9.17, 15) is 14.4 Å². The monoisotopic (exact) mass is 278 g/mol. The molecule has 0 aliphatic carbocycles. The number of aromatic carboxylic acids is 1. The van der Waals surface area contributed by atoms with E-state index in [1.54, 1.807) is 12.1 Å². The summed E-state index contributed by atoms with van der Waals surface area (Å²) in [6, 6.07) is 4.39. The molecular weight excluding hydrogens is 264 g/mol. The molecule has 1 heterocycles. The molecular formula is C13H14N2O5. The first-order valence-electron chi connectivity index (χ1n) is 5.96. The lowest BCUT2D eigenvalue weighted by Crippen LogP contribution is -2.39. The number of ether oxygens (including phenoxy) is 1. The van der Waals surface area contributed by atoms with Crippen LogP contribution < -0.4 is 5.32 Å². The number of hydrogen-bond acceptors (Lipinski definition) is 4. The topological polar surface area (TPSA) is 95.9 Å². The zero-order valence-corrected chi connectivity index (χ0v) is 10.9. The van der Waals surface area contributed by atoms with E-state index < -0.39 is 11.9 Å². The Morgan fingerprint density at radius 3 is 2.65 bits per heavy atom. The normalized spacial score (nSPS) is 12.8. The van der Waals surface area contributed by atoms with Gasteiger partial charge >= 0.3 is 18.0 Å². The van der Waals surface area contributed by atoms with Gasteiger partial charge < -0.3 is 20.1 Å². The fourth-order valence-corrected chi connectivity index (χ4v) is 2.00. The number of carboxylic acids is 1. The van der Waals surface area contributed by atoms with Gasteiger partial charge in [0.05, 0.1) is 12.7 Å². The van der Waals surface area contributed by atoms with Gasteiger partial charge in [0.2, 0.25) is 0 Å². The second-order valence-electron chi connectivity index (χ2n) is 4.38. The summed E-state index contributed by atoms with van der Waals surface area (Å²) >= 11 is 0. The molecule has 0 saturated heterocycles. The van der Waals surface area contributed by atoms with Gasteiger partial charge in [-0.15, -0.1) is 0 Å². The number of fused-ring (bicyclic) bond motifs is 1. The third kappa shape index (κ3) is 2.87. The van der Waals surface area contributed by atoms with Crippen molar-refractivity contribution in [3.05, 3.63) is 34.9 Å². The van der Waals surface area contributed by atoms with Gasteiger partial charge in [-0.05, 0) is 23.3 Å². The van der Waals surface area contributed by atoms with Crippen LogP contribution in [0.25, 0.3) is 0 Å². The Labute approximate surface area is 115 Å². The fourth-order valence-electron chi connectivity index (χ4n) is 2.00. The molecule has 0 saturated carbocycles. The molecule has 1 aromatic carbocycles. The number of carboxylic acid groups (broad SMARTS) is 1. The van der Waals surface area contributed by atoms with Crippen molar-refractivity contribution in [3.63, 3.8) is 0 Å². The van der Waals surface area contributed by atoms with E-state index in [2.05, 4.69) is 10.1 Å². The van der Waals surface area contributed by atoms with E-state index in [4.69, 9.17) is 5.11 Å². The molecule has 7 heteroatoms. The van der Waals surface area contributed by atoms with Crippen molar-refractivity contribution >= 4 is 18.0 Å².